The maximum absolute atomic E-state index is 13.6. The molecule has 5 aromatic carbocycles. The van der Waals surface area contributed by atoms with E-state index >= 15 is 0 Å². The molecule has 1 unspecified atom stereocenters. The first-order valence-electron chi connectivity index (χ1n) is 25.7. The molecule has 398 valence electrons. The lowest BCUT2D eigenvalue weighted by Gasteiger charge is -2.28. The van der Waals surface area contributed by atoms with Crippen molar-refractivity contribution in [1.29, 1.82) is 0 Å². The molecule has 0 bridgehead atoms. The van der Waals surface area contributed by atoms with E-state index in [2.05, 4.69) is 116 Å². The summed E-state index contributed by atoms with van der Waals surface area (Å²) in [6, 6.07) is 35.5. The van der Waals surface area contributed by atoms with E-state index in [0.717, 1.165) is 55.3 Å². The average molecular weight is 1070 g/mol. The van der Waals surface area contributed by atoms with E-state index in [0.29, 0.717) is 94.0 Å². The molecule has 0 saturated carbocycles. The topological polar surface area (TPSA) is 137 Å². The number of aryl methyl sites for hydroxylation is 1. The standard InChI is InChI=1S/C60H68N6O8S2/c1-39(2)29-61-58(67)47-36-75-55(62-47)34-65(30-42-11-9-40(3)10-12-42)33-45-17-22-51-54(27-45)74-57(73-51)28-60(4,5)46-18-13-43(14-19-46)31-66(32-44-16-21-50-53(26-44)72-38-71-50)35-56-63-48(37-76-56)59(68)64(6)24-23-41-15-20-49(69-7)52(25-41)70-8/h9-22,25-27,36-37,39,57H,23-24,28-35,38H2,1-8H3,(H,61,67). The Morgan fingerprint density at radius 2 is 1.22 bits per heavy atom. The SMILES string of the molecule is COc1ccc(CCN(C)C(=O)c2csc(CN(Cc3ccc(C(C)(C)CC4Oc5ccc(CN(Cc6ccc(C)cc6)Cc6nc(C(=O)NCC(C)C)cs6)cc5O4)cc3)Cc3ccc4c(c3)OCO4)n2)cc1OC. The predicted molar refractivity (Wildman–Crippen MR) is 297 cm³/mol. The molecule has 76 heavy (non-hydrogen) atoms. The van der Waals surface area contributed by atoms with E-state index in [-0.39, 0.29) is 24.0 Å². The number of hydrogen-bond donors (Lipinski definition) is 1. The molecular weight excluding hydrogens is 997 g/mol. The van der Waals surface area contributed by atoms with Gasteiger partial charge in [0.1, 0.15) is 21.4 Å². The van der Waals surface area contributed by atoms with Gasteiger partial charge in [-0.05, 0) is 94.5 Å². The average Bonchev–Trinajstić information content (AvgIpc) is 4.26. The first kappa shape index (κ1) is 53.8. The summed E-state index contributed by atoms with van der Waals surface area (Å²) in [6.07, 6.45) is 0.843. The first-order valence-corrected chi connectivity index (χ1v) is 27.5. The van der Waals surface area contributed by atoms with E-state index in [1.807, 2.05) is 54.2 Å². The summed E-state index contributed by atoms with van der Waals surface area (Å²) < 4.78 is 35.2. The van der Waals surface area contributed by atoms with Gasteiger partial charge in [0, 0.05) is 63.5 Å². The van der Waals surface area contributed by atoms with E-state index in [4.69, 9.17) is 38.4 Å². The summed E-state index contributed by atoms with van der Waals surface area (Å²) in [5, 5.41) is 8.44. The highest BCUT2D eigenvalue weighted by Crippen LogP contribution is 2.41. The van der Waals surface area contributed by atoms with Crippen molar-refractivity contribution >= 4 is 34.5 Å². The zero-order valence-electron chi connectivity index (χ0n) is 44.7. The van der Waals surface area contributed by atoms with Crippen LogP contribution in [0.5, 0.6) is 34.5 Å². The monoisotopic (exact) mass is 1060 g/mol. The van der Waals surface area contributed by atoms with Crippen LogP contribution in [0.2, 0.25) is 0 Å². The van der Waals surface area contributed by atoms with Gasteiger partial charge in [0.2, 0.25) is 13.1 Å². The number of likely N-dealkylation sites (N-methyl/N-ethyl adjacent to an activating group) is 1. The van der Waals surface area contributed by atoms with Gasteiger partial charge >= 0.3 is 0 Å². The predicted octanol–water partition coefficient (Wildman–Crippen LogP) is 11.2. The van der Waals surface area contributed by atoms with Crippen molar-refractivity contribution in [3.8, 4) is 34.5 Å². The van der Waals surface area contributed by atoms with Crippen molar-refractivity contribution in [2.75, 3.05) is 41.1 Å². The highest BCUT2D eigenvalue weighted by molar-refractivity contribution is 7.10. The third kappa shape index (κ3) is 13.9. The second kappa shape index (κ2) is 24.3. The lowest BCUT2D eigenvalue weighted by Crippen LogP contribution is -2.30. The molecule has 2 aliphatic rings. The summed E-state index contributed by atoms with van der Waals surface area (Å²) in [7, 11) is 5.04. The lowest BCUT2D eigenvalue weighted by molar-refractivity contribution is 0.0248. The number of carbonyl (C=O) groups excluding carboxylic acids is 2. The number of amides is 2. The molecule has 2 aliphatic heterocycles. The van der Waals surface area contributed by atoms with Gasteiger partial charge in [-0.25, -0.2) is 9.97 Å². The third-order valence-corrected chi connectivity index (χ3v) is 15.3. The van der Waals surface area contributed by atoms with Crippen LogP contribution in [0.15, 0.2) is 114 Å². The van der Waals surface area contributed by atoms with Crippen molar-refractivity contribution in [2.24, 2.45) is 5.92 Å². The maximum Gasteiger partial charge on any atom is 0.273 e. The van der Waals surface area contributed by atoms with Crippen LogP contribution in [0.4, 0.5) is 0 Å². The van der Waals surface area contributed by atoms with Crippen molar-refractivity contribution in [1.82, 2.24) is 30.0 Å². The van der Waals surface area contributed by atoms with Gasteiger partial charge in [-0.15, -0.1) is 22.7 Å². The number of aromatic nitrogens is 2. The molecule has 0 saturated heterocycles. The van der Waals surface area contributed by atoms with Crippen LogP contribution < -0.4 is 33.7 Å². The summed E-state index contributed by atoms with van der Waals surface area (Å²) in [6.45, 7) is 15.8. The molecule has 16 heteroatoms. The van der Waals surface area contributed by atoms with Gasteiger partial charge in [-0.2, -0.15) is 0 Å². The summed E-state index contributed by atoms with van der Waals surface area (Å²) >= 11 is 3.01. The molecule has 0 fully saturated rings. The van der Waals surface area contributed by atoms with E-state index in [1.54, 1.807) is 19.1 Å². The Labute approximate surface area is 454 Å². The molecule has 1 N–H and O–H groups in total. The quantitative estimate of drug-likeness (QED) is 0.0617. The normalized spacial score (nSPS) is 13.7. The highest BCUT2D eigenvalue weighted by Gasteiger charge is 2.33. The molecular formula is C60H68N6O8S2. The number of methoxy groups -OCH3 is 2. The largest absolute Gasteiger partial charge is 0.493 e. The summed E-state index contributed by atoms with van der Waals surface area (Å²) in [5.41, 5.74) is 8.59. The second-order valence-electron chi connectivity index (χ2n) is 20.7. The maximum atomic E-state index is 13.6. The zero-order valence-corrected chi connectivity index (χ0v) is 46.4. The van der Waals surface area contributed by atoms with Crippen LogP contribution in [0, 0.1) is 12.8 Å². The second-order valence-corrected chi connectivity index (χ2v) is 22.6. The Kier molecular flexibility index (Phi) is 17.2. The van der Waals surface area contributed by atoms with E-state index in [1.165, 1.54) is 39.4 Å². The van der Waals surface area contributed by atoms with Crippen molar-refractivity contribution in [2.45, 2.75) is 98.4 Å². The molecule has 2 amide bonds. The number of carbonyl (C=O) groups is 2. The van der Waals surface area contributed by atoms with Gasteiger partial charge in [0.15, 0.2) is 34.5 Å². The number of nitrogens with one attached hydrogen (secondary N) is 1. The molecule has 0 spiro atoms. The summed E-state index contributed by atoms with van der Waals surface area (Å²) in [5.74, 6) is 4.39. The fraction of sp³-hybridized carbons (Fsp3) is 0.367. The Bertz CT molecular complexity index is 3100. The van der Waals surface area contributed by atoms with Gasteiger partial charge in [-0.1, -0.05) is 100.0 Å². The molecule has 9 rings (SSSR count). The molecule has 0 aliphatic carbocycles. The molecule has 2 aromatic heterocycles. The zero-order chi connectivity index (χ0) is 53.3. The van der Waals surface area contributed by atoms with E-state index < -0.39 is 6.29 Å². The van der Waals surface area contributed by atoms with Crippen molar-refractivity contribution < 1.29 is 38.0 Å². The third-order valence-electron chi connectivity index (χ3n) is 13.6. The highest BCUT2D eigenvalue weighted by atomic mass is 32.1. The van der Waals surface area contributed by atoms with Crippen LogP contribution in [0.3, 0.4) is 0 Å². The van der Waals surface area contributed by atoms with Gasteiger partial charge in [0.05, 0.1) is 27.3 Å². The minimum absolute atomic E-state index is 0.120. The number of benzene rings is 5. The minimum Gasteiger partial charge on any atom is -0.493 e. The molecule has 7 aromatic rings. The first-order chi connectivity index (χ1) is 36.7. The van der Waals surface area contributed by atoms with Crippen LogP contribution in [-0.2, 0) is 51.1 Å². The Morgan fingerprint density at radius 1 is 0.671 bits per heavy atom. The minimum atomic E-state index is -0.455. The van der Waals surface area contributed by atoms with Crippen LogP contribution >= 0.6 is 22.7 Å². The van der Waals surface area contributed by atoms with Crippen molar-refractivity contribution in [3.05, 3.63) is 174 Å². The van der Waals surface area contributed by atoms with Gasteiger partial charge in [-0.3, -0.25) is 19.4 Å². The number of thiazole rings is 2. The van der Waals surface area contributed by atoms with Crippen LogP contribution in [0.25, 0.3) is 0 Å². The molecule has 1 atom stereocenters. The Hall–Kier alpha value is -6.98. The van der Waals surface area contributed by atoms with Crippen molar-refractivity contribution in [3.63, 3.8) is 0 Å². The number of ether oxygens (including phenoxy) is 6. The van der Waals surface area contributed by atoms with Crippen LogP contribution in [-0.4, -0.2) is 83.9 Å². The fourth-order valence-electron chi connectivity index (χ4n) is 9.30. The smallest absolute Gasteiger partial charge is 0.273 e. The number of rotatable bonds is 24. The molecule has 0 radical (unpaired) electrons. The Balaban J connectivity index is 0.828. The number of nitrogens with zero attached hydrogens (tertiary/aromatic N) is 5. The van der Waals surface area contributed by atoms with E-state index in [9.17, 15) is 9.59 Å². The van der Waals surface area contributed by atoms with Gasteiger partial charge < -0.3 is 38.6 Å². The van der Waals surface area contributed by atoms with Crippen LogP contribution in [0.1, 0.15) is 104 Å². The number of fused-ring (bicyclic) bond motifs is 2. The number of hydrogen-bond acceptors (Lipinski definition) is 14. The van der Waals surface area contributed by atoms with Gasteiger partial charge in [0.25, 0.3) is 11.8 Å². The fourth-order valence-corrected chi connectivity index (χ4v) is 10.9. The molecule has 4 heterocycles. The lowest BCUT2D eigenvalue weighted by atomic mass is 9.81. The Morgan fingerprint density at radius 3 is 1.88 bits per heavy atom. The summed E-state index contributed by atoms with van der Waals surface area (Å²) in [4.78, 5) is 42.4. The molecule has 14 nitrogen and oxygen atoms in total.